The average molecular weight is 419 g/mol. The van der Waals surface area contributed by atoms with E-state index in [2.05, 4.69) is 10.4 Å². The number of nitrogens with zero attached hydrogens (tertiary/aromatic N) is 2. The van der Waals surface area contributed by atoms with Crippen LogP contribution in [-0.4, -0.2) is 27.8 Å². The van der Waals surface area contributed by atoms with E-state index in [-0.39, 0.29) is 12.5 Å². The third kappa shape index (κ3) is 4.17. The fraction of sp³-hybridized carbons (Fsp3) is 0.292. The van der Waals surface area contributed by atoms with Crippen LogP contribution in [-0.2, 0) is 20.7 Å². The summed E-state index contributed by atoms with van der Waals surface area (Å²) in [5.41, 5.74) is 1.45. The van der Waals surface area contributed by atoms with Crippen molar-refractivity contribution in [1.82, 2.24) is 9.78 Å². The van der Waals surface area contributed by atoms with Gasteiger partial charge < -0.3 is 14.5 Å². The molecule has 2 atom stereocenters. The van der Waals surface area contributed by atoms with Crippen molar-refractivity contribution in [3.8, 4) is 0 Å². The van der Waals surface area contributed by atoms with Crippen LogP contribution in [0, 0.1) is 0 Å². The molecule has 2 aromatic heterocycles. The molecular weight excluding hydrogens is 394 g/mol. The molecule has 0 saturated heterocycles. The molecule has 0 fully saturated rings. The van der Waals surface area contributed by atoms with Gasteiger partial charge in [0.05, 0.1) is 24.9 Å². The summed E-state index contributed by atoms with van der Waals surface area (Å²) >= 11 is 0. The molecule has 0 aliphatic carbocycles. The van der Waals surface area contributed by atoms with Crippen molar-refractivity contribution in [3.63, 3.8) is 0 Å². The Kier molecular flexibility index (Phi) is 5.75. The van der Waals surface area contributed by atoms with Gasteiger partial charge in [-0.3, -0.25) is 9.59 Å². The maximum Gasteiger partial charge on any atom is 0.311 e. The number of hydrogen-bond acceptors (Lipinski definition) is 5. The van der Waals surface area contributed by atoms with E-state index in [0.717, 1.165) is 28.1 Å². The van der Waals surface area contributed by atoms with Crippen LogP contribution in [0.1, 0.15) is 38.8 Å². The summed E-state index contributed by atoms with van der Waals surface area (Å²) in [4.78, 5) is 25.1. The molecule has 0 spiro atoms. The van der Waals surface area contributed by atoms with E-state index < -0.39 is 18.0 Å². The summed E-state index contributed by atoms with van der Waals surface area (Å²) in [7, 11) is 0. The average Bonchev–Trinajstić information content (AvgIpc) is 3.40. The molecule has 1 amide bonds. The van der Waals surface area contributed by atoms with Gasteiger partial charge in [0.1, 0.15) is 11.4 Å². The Morgan fingerprint density at radius 2 is 1.97 bits per heavy atom. The molecule has 2 aromatic carbocycles. The Morgan fingerprint density at radius 3 is 2.77 bits per heavy atom. The number of hydrogen-bond donors (Lipinski definition) is 1. The molecule has 4 rings (SSSR count). The first-order valence-electron chi connectivity index (χ1n) is 10.4. The summed E-state index contributed by atoms with van der Waals surface area (Å²) in [6, 6.07) is 13.7. The predicted molar refractivity (Wildman–Crippen MR) is 119 cm³/mol. The quantitative estimate of drug-likeness (QED) is 0.432. The number of furan rings is 1. The molecule has 0 aliphatic heterocycles. The Morgan fingerprint density at radius 1 is 1.16 bits per heavy atom. The highest BCUT2D eigenvalue weighted by atomic mass is 16.5. The largest absolute Gasteiger partial charge is 0.464 e. The normalized spacial score (nSPS) is 13.3. The van der Waals surface area contributed by atoms with Gasteiger partial charge in [0.15, 0.2) is 6.10 Å². The minimum Gasteiger partial charge on any atom is -0.464 e. The monoisotopic (exact) mass is 419 g/mol. The lowest BCUT2D eigenvalue weighted by Gasteiger charge is -2.17. The number of ether oxygens (including phenoxy) is 1. The van der Waals surface area contributed by atoms with Crippen molar-refractivity contribution in [2.75, 3.05) is 5.32 Å². The lowest BCUT2D eigenvalue weighted by molar-refractivity contribution is -0.152. The highest BCUT2D eigenvalue weighted by molar-refractivity contribution is 6.08. The molecule has 0 bridgehead atoms. The predicted octanol–water partition coefficient (Wildman–Crippen LogP) is 4.87. The molecule has 2 heterocycles. The maximum atomic E-state index is 12.6. The summed E-state index contributed by atoms with van der Waals surface area (Å²) in [6.07, 6.45) is 3.16. The number of anilines is 1. The van der Waals surface area contributed by atoms with Gasteiger partial charge in [-0.2, -0.15) is 5.10 Å². The summed E-state index contributed by atoms with van der Waals surface area (Å²) < 4.78 is 12.8. The van der Waals surface area contributed by atoms with Crippen LogP contribution < -0.4 is 5.32 Å². The molecule has 0 saturated carbocycles. The van der Waals surface area contributed by atoms with Gasteiger partial charge in [-0.05, 0) is 37.1 Å². The molecule has 31 heavy (non-hydrogen) atoms. The van der Waals surface area contributed by atoms with E-state index in [1.54, 1.807) is 30.1 Å². The number of esters is 1. The van der Waals surface area contributed by atoms with E-state index >= 15 is 0 Å². The van der Waals surface area contributed by atoms with Crippen molar-refractivity contribution in [1.29, 1.82) is 0 Å². The van der Waals surface area contributed by atoms with Crippen LogP contribution >= 0.6 is 0 Å². The third-order valence-corrected chi connectivity index (χ3v) is 5.48. The number of carbonyl (C=O) groups excluding carboxylic acids is 2. The number of benzene rings is 2. The molecule has 1 N–H and O–H groups in total. The fourth-order valence-electron chi connectivity index (χ4n) is 3.62. The lowest BCUT2D eigenvalue weighted by Crippen LogP contribution is -2.31. The minimum absolute atomic E-state index is 0.0173. The lowest BCUT2D eigenvalue weighted by atomic mass is 10.0. The van der Waals surface area contributed by atoms with Gasteiger partial charge in [-0.15, -0.1) is 0 Å². The van der Waals surface area contributed by atoms with Gasteiger partial charge in [0, 0.05) is 17.0 Å². The smallest absolute Gasteiger partial charge is 0.311 e. The van der Waals surface area contributed by atoms with E-state index in [4.69, 9.17) is 9.15 Å². The van der Waals surface area contributed by atoms with Crippen molar-refractivity contribution in [2.45, 2.75) is 45.8 Å². The zero-order valence-corrected chi connectivity index (χ0v) is 17.8. The van der Waals surface area contributed by atoms with E-state index in [1.165, 1.54) is 0 Å². The Balaban J connectivity index is 1.45. The van der Waals surface area contributed by atoms with Crippen LogP contribution in [0.4, 0.5) is 5.82 Å². The van der Waals surface area contributed by atoms with Gasteiger partial charge in [-0.25, -0.2) is 4.68 Å². The topological polar surface area (TPSA) is 86.4 Å². The van der Waals surface area contributed by atoms with Crippen molar-refractivity contribution in [3.05, 3.63) is 60.5 Å². The van der Waals surface area contributed by atoms with Crippen LogP contribution in [0.2, 0.25) is 0 Å². The first-order chi connectivity index (χ1) is 15.0. The Hall–Kier alpha value is -3.61. The Bertz CT molecular complexity index is 1240. The summed E-state index contributed by atoms with van der Waals surface area (Å²) in [5.74, 6) is -0.316. The van der Waals surface area contributed by atoms with Crippen LogP contribution in [0.3, 0.4) is 0 Å². The zero-order chi connectivity index (χ0) is 22.0. The molecule has 0 radical (unpaired) electrons. The van der Waals surface area contributed by atoms with Crippen molar-refractivity contribution >= 4 is 39.4 Å². The van der Waals surface area contributed by atoms with Gasteiger partial charge in [0.2, 0.25) is 0 Å². The summed E-state index contributed by atoms with van der Waals surface area (Å²) in [5, 5.41) is 10.0. The summed E-state index contributed by atoms with van der Waals surface area (Å²) in [6.45, 7) is 5.62. The second-order valence-electron chi connectivity index (χ2n) is 7.64. The number of rotatable bonds is 7. The molecule has 7 heteroatoms. The second kappa shape index (κ2) is 8.63. The van der Waals surface area contributed by atoms with Crippen LogP contribution in [0.5, 0.6) is 0 Å². The van der Waals surface area contributed by atoms with E-state index in [0.29, 0.717) is 11.4 Å². The third-order valence-electron chi connectivity index (χ3n) is 5.48. The second-order valence-corrected chi connectivity index (χ2v) is 7.64. The van der Waals surface area contributed by atoms with Crippen molar-refractivity contribution in [2.24, 2.45) is 0 Å². The Labute approximate surface area is 180 Å². The van der Waals surface area contributed by atoms with Crippen LogP contribution in [0.25, 0.3) is 21.7 Å². The first kappa shape index (κ1) is 20.7. The number of amides is 1. The molecule has 4 aromatic rings. The van der Waals surface area contributed by atoms with Crippen molar-refractivity contribution < 1.29 is 18.7 Å². The van der Waals surface area contributed by atoms with Gasteiger partial charge in [0.25, 0.3) is 5.91 Å². The zero-order valence-electron chi connectivity index (χ0n) is 17.8. The molecule has 0 aliphatic rings. The van der Waals surface area contributed by atoms with Gasteiger partial charge in [-0.1, -0.05) is 37.3 Å². The number of aromatic nitrogens is 2. The van der Waals surface area contributed by atoms with Crippen LogP contribution in [0.15, 0.2) is 59.3 Å². The standard InChI is InChI=1S/C24H25N3O4/c1-4-15(2)27-21(11-12-25-27)26-24(29)16(3)31-22(28)13-18-14-30-20-10-9-17-7-5-6-8-19(17)23(18)20/h5-12,14-16H,4,13H2,1-3H3,(H,26,29)/t15-,16+/m0/s1. The first-order valence-corrected chi connectivity index (χ1v) is 10.4. The van der Waals surface area contributed by atoms with E-state index in [9.17, 15) is 9.59 Å². The number of fused-ring (bicyclic) bond motifs is 3. The fourth-order valence-corrected chi connectivity index (χ4v) is 3.62. The number of carbonyl (C=O) groups is 2. The maximum absolute atomic E-state index is 12.6. The SMILES string of the molecule is CC[C@H](C)n1nccc1NC(=O)[C@@H](C)OC(=O)Cc1coc2ccc3ccccc3c12. The molecule has 7 nitrogen and oxygen atoms in total. The molecule has 0 unspecified atom stereocenters. The highest BCUT2D eigenvalue weighted by Gasteiger charge is 2.21. The highest BCUT2D eigenvalue weighted by Crippen LogP contribution is 2.30. The molecule has 160 valence electrons. The molecular formula is C24H25N3O4. The minimum atomic E-state index is -0.942. The number of nitrogens with one attached hydrogen (secondary N) is 1. The van der Waals surface area contributed by atoms with Gasteiger partial charge >= 0.3 is 5.97 Å². The van der Waals surface area contributed by atoms with E-state index in [1.807, 2.05) is 50.2 Å².